The largest absolute Gasteiger partial charge is 0.489 e. The van der Waals surface area contributed by atoms with Crippen LogP contribution in [0.2, 0.25) is 5.02 Å². The van der Waals surface area contributed by atoms with Gasteiger partial charge < -0.3 is 15.8 Å². The topological polar surface area (TPSA) is 47.3 Å². The Morgan fingerprint density at radius 3 is 2.82 bits per heavy atom. The third-order valence-electron chi connectivity index (χ3n) is 3.01. The van der Waals surface area contributed by atoms with Crippen LogP contribution in [0, 0.1) is 0 Å². The second kappa shape index (κ2) is 6.01. The molecule has 4 unspecified atom stereocenters. The fraction of sp³-hybridized carbons (Fsp3) is 0.500. The van der Waals surface area contributed by atoms with Crippen LogP contribution in [0.15, 0.2) is 24.3 Å². The van der Waals surface area contributed by atoms with Gasteiger partial charge in [-0.1, -0.05) is 11.6 Å². The summed E-state index contributed by atoms with van der Waals surface area (Å²) in [6.07, 6.45) is 1.19. The molecule has 0 amide bonds. The predicted molar refractivity (Wildman–Crippen MR) is 74.5 cm³/mol. The highest BCUT2D eigenvalue weighted by Gasteiger charge is 2.28. The van der Waals surface area contributed by atoms with E-state index in [9.17, 15) is 0 Å². The molecule has 4 atom stereocenters. The maximum atomic E-state index is 6.03. The standard InChI is InChI=1S/C12H18ClN2OP/c1-17-12(14)11-6-10(7-15-11)16-9-4-2-8(13)3-5-9/h2-5,10-12,15,17H,6-7,14H2,1H3. The molecule has 1 aliphatic heterocycles. The van der Waals surface area contributed by atoms with E-state index in [1.165, 1.54) is 0 Å². The van der Waals surface area contributed by atoms with Gasteiger partial charge in [0.15, 0.2) is 0 Å². The van der Waals surface area contributed by atoms with Gasteiger partial charge in [0.25, 0.3) is 0 Å². The zero-order valence-corrected chi connectivity index (χ0v) is 11.6. The summed E-state index contributed by atoms with van der Waals surface area (Å²) in [4.78, 5) is 0. The molecule has 1 aromatic rings. The zero-order valence-electron chi connectivity index (χ0n) is 9.82. The highest BCUT2D eigenvalue weighted by Crippen LogP contribution is 2.23. The minimum atomic E-state index is 0.212. The quantitative estimate of drug-likeness (QED) is 0.825. The van der Waals surface area contributed by atoms with Crippen molar-refractivity contribution in [1.29, 1.82) is 0 Å². The molecule has 1 aromatic carbocycles. The summed E-state index contributed by atoms with van der Waals surface area (Å²) < 4.78 is 5.88. The minimum absolute atomic E-state index is 0.212. The first kappa shape index (κ1) is 13.1. The van der Waals surface area contributed by atoms with Gasteiger partial charge in [0.2, 0.25) is 0 Å². The Balaban J connectivity index is 1.87. The number of halogens is 1. The Labute approximate surface area is 109 Å². The van der Waals surface area contributed by atoms with Crippen molar-refractivity contribution in [2.45, 2.75) is 24.3 Å². The van der Waals surface area contributed by atoms with Gasteiger partial charge in [0, 0.05) is 29.8 Å². The highest BCUT2D eigenvalue weighted by atomic mass is 35.5. The van der Waals surface area contributed by atoms with Crippen molar-refractivity contribution in [3.8, 4) is 5.75 Å². The van der Waals surface area contributed by atoms with Gasteiger partial charge in [-0.3, -0.25) is 0 Å². The van der Waals surface area contributed by atoms with Gasteiger partial charge in [-0.15, -0.1) is 8.58 Å². The second-order valence-electron chi connectivity index (χ2n) is 4.26. The van der Waals surface area contributed by atoms with Gasteiger partial charge in [-0.25, -0.2) is 0 Å². The van der Waals surface area contributed by atoms with Gasteiger partial charge in [0.05, 0.1) is 0 Å². The molecule has 1 fully saturated rings. The lowest BCUT2D eigenvalue weighted by Crippen LogP contribution is -2.37. The lowest BCUT2D eigenvalue weighted by Gasteiger charge is -2.17. The number of benzene rings is 1. The van der Waals surface area contributed by atoms with Crippen molar-refractivity contribution in [3.05, 3.63) is 29.3 Å². The molecule has 1 aliphatic rings. The maximum absolute atomic E-state index is 6.03. The molecule has 0 bridgehead atoms. The van der Waals surface area contributed by atoms with Crippen molar-refractivity contribution in [1.82, 2.24) is 5.32 Å². The first-order chi connectivity index (χ1) is 8.19. The number of nitrogens with one attached hydrogen (secondary N) is 1. The Morgan fingerprint density at radius 1 is 1.47 bits per heavy atom. The normalized spacial score (nSPS) is 26.5. The molecule has 0 aliphatic carbocycles. The van der Waals surface area contributed by atoms with E-state index in [1.54, 1.807) is 0 Å². The number of hydrogen-bond donors (Lipinski definition) is 2. The monoisotopic (exact) mass is 272 g/mol. The minimum Gasteiger partial charge on any atom is -0.489 e. The van der Waals surface area contributed by atoms with Crippen molar-refractivity contribution in [3.63, 3.8) is 0 Å². The van der Waals surface area contributed by atoms with Crippen LogP contribution in [0.1, 0.15) is 6.42 Å². The lowest BCUT2D eigenvalue weighted by molar-refractivity contribution is 0.219. The summed E-state index contributed by atoms with van der Waals surface area (Å²) in [6.45, 7) is 3.01. The summed E-state index contributed by atoms with van der Waals surface area (Å²) in [5.41, 5.74) is 6.03. The van der Waals surface area contributed by atoms with E-state index >= 15 is 0 Å². The first-order valence-electron chi connectivity index (χ1n) is 5.77. The number of rotatable bonds is 4. The van der Waals surface area contributed by atoms with Gasteiger partial charge in [-0.05, 0) is 30.9 Å². The number of nitrogens with two attached hydrogens (primary N) is 1. The Kier molecular flexibility index (Phi) is 4.63. The van der Waals surface area contributed by atoms with E-state index in [0.717, 1.165) is 32.3 Å². The SMILES string of the molecule is CPC(N)C1CC(Oc2ccc(Cl)cc2)CN1. The summed E-state index contributed by atoms with van der Waals surface area (Å²) in [7, 11) is 0.764. The van der Waals surface area contributed by atoms with Crippen LogP contribution in [-0.2, 0) is 0 Å². The molecule has 1 heterocycles. The average Bonchev–Trinajstić information content (AvgIpc) is 2.80. The smallest absolute Gasteiger partial charge is 0.119 e. The Bertz CT molecular complexity index is 360. The molecule has 0 spiro atoms. The van der Waals surface area contributed by atoms with Crippen LogP contribution in [-0.4, -0.2) is 31.1 Å². The fourth-order valence-electron chi connectivity index (χ4n) is 2.00. The average molecular weight is 273 g/mol. The molecule has 0 radical (unpaired) electrons. The summed E-state index contributed by atoms with van der Waals surface area (Å²) in [5, 5.41) is 4.15. The van der Waals surface area contributed by atoms with E-state index in [1.807, 2.05) is 24.3 Å². The molecule has 94 valence electrons. The predicted octanol–water partition coefficient (Wildman–Crippen LogP) is 2.04. The number of ether oxygens (including phenoxy) is 1. The van der Waals surface area contributed by atoms with Gasteiger partial charge >= 0.3 is 0 Å². The van der Waals surface area contributed by atoms with Crippen LogP contribution in [0.4, 0.5) is 0 Å². The molecule has 3 nitrogen and oxygen atoms in total. The Hall–Kier alpha value is -0.340. The van der Waals surface area contributed by atoms with Crippen molar-refractivity contribution in [2.75, 3.05) is 13.2 Å². The summed E-state index contributed by atoms with van der Waals surface area (Å²) in [5.74, 6) is 1.11. The molecule has 2 rings (SSSR count). The van der Waals surface area contributed by atoms with Crippen LogP contribution >= 0.6 is 20.2 Å². The summed E-state index contributed by atoms with van der Waals surface area (Å²) >= 11 is 5.83. The molecule has 3 N–H and O–H groups in total. The zero-order chi connectivity index (χ0) is 12.3. The third kappa shape index (κ3) is 3.56. The molecular formula is C12H18ClN2OP. The molecular weight excluding hydrogens is 255 g/mol. The maximum Gasteiger partial charge on any atom is 0.119 e. The molecule has 1 saturated heterocycles. The molecule has 0 saturated carbocycles. The van der Waals surface area contributed by atoms with Crippen LogP contribution in [0.3, 0.4) is 0 Å². The van der Waals surface area contributed by atoms with E-state index in [4.69, 9.17) is 22.1 Å². The summed E-state index contributed by atoms with van der Waals surface area (Å²) in [6, 6.07) is 7.87. The number of hydrogen-bond acceptors (Lipinski definition) is 3. The van der Waals surface area contributed by atoms with E-state index in [2.05, 4.69) is 12.0 Å². The third-order valence-corrected chi connectivity index (χ3v) is 4.33. The molecule has 17 heavy (non-hydrogen) atoms. The lowest BCUT2D eigenvalue weighted by atomic mass is 10.2. The van der Waals surface area contributed by atoms with Crippen molar-refractivity contribution < 1.29 is 4.74 Å². The fourth-order valence-corrected chi connectivity index (χ4v) is 2.79. The van der Waals surface area contributed by atoms with Crippen LogP contribution in [0.5, 0.6) is 5.75 Å². The van der Waals surface area contributed by atoms with Crippen LogP contribution < -0.4 is 15.8 Å². The molecule has 5 heteroatoms. The molecule has 0 aromatic heterocycles. The van der Waals surface area contributed by atoms with Crippen molar-refractivity contribution >= 4 is 20.2 Å². The van der Waals surface area contributed by atoms with E-state index in [0.29, 0.717) is 6.04 Å². The van der Waals surface area contributed by atoms with E-state index in [-0.39, 0.29) is 11.9 Å². The van der Waals surface area contributed by atoms with Crippen LogP contribution in [0.25, 0.3) is 0 Å². The second-order valence-corrected chi connectivity index (χ2v) is 5.94. The van der Waals surface area contributed by atoms with Crippen molar-refractivity contribution in [2.24, 2.45) is 5.73 Å². The first-order valence-corrected chi connectivity index (χ1v) is 7.73. The highest BCUT2D eigenvalue weighted by molar-refractivity contribution is 7.37. The Morgan fingerprint density at radius 2 is 2.18 bits per heavy atom. The van der Waals surface area contributed by atoms with E-state index < -0.39 is 0 Å². The van der Waals surface area contributed by atoms with Gasteiger partial charge in [-0.2, -0.15) is 0 Å². The van der Waals surface area contributed by atoms with Gasteiger partial charge in [0.1, 0.15) is 11.9 Å².